The number of hydrogen-bond donors (Lipinski definition) is 3. The number of aromatic nitrogens is 2. The number of fused-ring (bicyclic) bond motifs is 1. The van der Waals surface area contributed by atoms with Gasteiger partial charge in [-0.3, -0.25) is 9.59 Å². The van der Waals surface area contributed by atoms with Gasteiger partial charge in [0, 0.05) is 39.8 Å². The van der Waals surface area contributed by atoms with Crippen LogP contribution in [0.15, 0.2) is 42.6 Å². The van der Waals surface area contributed by atoms with Gasteiger partial charge in [-0.25, -0.2) is 9.97 Å². The molecule has 4 N–H and O–H groups in total. The van der Waals surface area contributed by atoms with Crippen molar-refractivity contribution in [3.05, 3.63) is 53.2 Å². The Morgan fingerprint density at radius 3 is 2.74 bits per heavy atom. The molecule has 1 heterocycles. The Kier molecular flexibility index (Phi) is 5.74. The Morgan fingerprint density at radius 2 is 1.97 bits per heavy atom. The Bertz CT molecular complexity index is 1220. The van der Waals surface area contributed by atoms with Crippen LogP contribution < -0.4 is 16.4 Å². The molecule has 1 aromatic heterocycles. The molecule has 0 saturated heterocycles. The van der Waals surface area contributed by atoms with E-state index in [1.807, 2.05) is 18.2 Å². The van der Waals surface area contributed by atoms with Gasteiger partial charge in [-0.15, -0.1) is 6.42 Å². The van der Waals surface area contributed by atoms with E-state index in [0.717, 1.165) is 35.7 Å². The molecule has 4 rings (SSSR count). The molecule has 156 valence electrons. The number of anilines is 1. The molecule has 1 fully saturated rings. The maximum absolute atomic E-state index is 11.5. The van der Waals surface area contributed by atoms with Crippen LogP contribution in [-0.4, -0.2) is 33.9 Å². The van der Waals surface area contributed by atoms with Crippen molar-refractivity contribution in [3.8, 4) is 23.5 Å². The number of primary amides is 1. The van der Waals surface area contributed by atoms with Gasteiger partial charge in [0.15, 0.2) is 0 Å². The van der Waals surface area contributed by atoms with Gasteiger partial charge in [-0.2, -0.15) is 0 Å². The maximum Gasteiger partial charge on any atom is 0.295 e. The number of halogens is 1. The van der Waals surface area contributed by atoms with Gasteiger partial charge in [0.05, 0.1) is 5.52 Å². The molecular formula is C23H20ClN5O2. The Hall–Kier alpha value is -3.63. The molecule has 0 aliphatic heterocycles. The number of carbonyl (C=O) groups excluding carboxylic acids is 2. The van der Waals surface area contributed by atoms with Crippen LogP contribution in [0, 0.1) is 12.3 Å². The van der Waals surface area contributed by atoms with E-state index in [4.69, 9.17) is 23.8 Å². The molecule has 2 aromatic carbocycles. The average molecular weight is 434 g/mol. The topological polar surface area (TPSA) is 110 Å². The maximum atomic E-state index is 11.5. The van der Waals surface area contributed by atoms with Crippen LogP contribution in [0.3, 0.4) is 0 Å². The van der Waals surface area contributed by atoms with E-state index in [2.05, 4.69) is 26.5 Å². The Balaban J connectivity index is 1.58. The molecule has 1 aliphatic carbocycles. The number of rotatable bonds is 5. The fourth-order valence-electron chi connectivity index (χ4n) is 3.85. The largest absolute Gasteiger partial charge is 0.366 e. The number of terminal acetylenes is 1. The minimum absolute atomic E-state index is 0.0179. The van der Waals surface area contributed by atoms with Crippen molar-refractivity contribution < 1.29 is 9.59 Å². The van der Waals surface area contributed by atoms with Gasteiger partial charge >= 0.3 is 0 Å². The third-order valence-electron chi connectivity index (χ3n) is 5.42. The van der Waals surface area contributed by atoms with E-state index in [9.17, 15) is 9.59 Å². The fraction of sp³-hybridized carbons (Fsp3) is 0.217. The molecule has 2 amide bonds. The zero-order valence-corrected chi connectivity index (χ0v) is 17.3. The first-order chi connectivity index (χ1) is 14.9. The van der Waals surface area contributed by atoms with Crippen molar-refractivity contribution in [2.24, 2.45) is 5.73 Å². The zero-order valence-electron chi connectivity index (χ0n) is 16.6. The molecule has 0 spiro atoms. The van der Waals surface area contributed by atoms with E-state index in [-0.39, 0.29) is 12.1 Å². The predicted molar refractivity (Wildman–Crippen MR) is 121 cm³/mol. The second-order valence-corrected chi connectivity index (χ2v) is 7.84. The van der Waals surface area contributed by atoms with Crippen LogP contribution >= 0.6 is 11.6 Å². The Labute approximate surface area is 184 Å². The molecular weight excluding hydrogens is 414 g/mol. The number of benzene rings is 2. The second kappa shape index (κ2) is 8.62. The Morgan fingerprint density at radius 1 is 1.16 bits per heavy atom. The highest BCUT2D eigenvalue weighted by atomic mass is 35.5. The van der Waals surface area contributed by atoms with Crippen molar-refractivity contribution in [3.63, 3.8) is 0 Å². The number of hydrogen-bond acceptors (Lipinski definition) is 5. The van der Waals surface area contributed by atoms with Gasteiger partial charge in [-0.1, -0.05) is 17.7 Å². The first-order valence-electron chi connectivity index (χ1n) is 9.85. The molecule has 8 heteroatoms. The van der Waals surface area contributed by atoms with Crippen LogP contribution in [0.2, 0.25) is 5.02 Å². The van der Waals surface area contributed by atoms with Crippen molar-refractivity contribution in [1.82, 2.24) is 15.3 Å². The summed E-state index contributed by atoms with van der Waals surface area (Å²) in [7, 11) is 0. The highest BCUT2D eigenvalue weighted by Gasteiger charge is 2.28. The molecule has 3 aromatic rings. The molecule has 0 bridgehead atoms. The minimum Gasteiger partial charge on any atom is -0.366 e. The molecule has 7 nitrogen and oxygen atoms in total. The number of nitrogens with two attached hydrogens (primary N) is 1. The number of nitrogens with one attached hydrogen (secondary N) is 2. The molecule has 2 unspecified atom stereocenters. The summed E-state index contributed by atoms with van der Waals surface area (Å²) in [6.45, 7) is 0. The summed E-state index contributed by atoms with van der Waals surface area (Å²) in [5, 5.41) is 7.50. The minimum atomic E-state index is -0.513. The lowest BCUT2D eigenvalue weighted by Gasteiger charge is -2.21. The third kappa shape index (κ3) is 4.44. The van der Waals surface area contributed by atoms with Crippen LogP contribution in [0.5, 0.6) is 0 Å². The summed E-state index contributed by atoms with van der Waals surface area (Å²) in [6, 6.07) is 10.6. The summed E-state index contributed by atoms with van der Waals surface area (Å²) in [4.78, 5) is 32.1. The number of amides is 2. The van der Waals surface area contributed by atoms with Crippen molar-refractivity contribution in [2.75, 3.05) is 5.32 Å². The lowest BCUT2D eigenvalue weighted by atomic mass is 10.0. The van der Waals surface area contributed by atoms with E-state index >= 15 is 0 Å². The van der Waals surface area contributed by atoms with E-state index in [1.165, 1.54) is 0 Å². The first kappa shape index (κ1) is 20.6. The first-order valence-corrected chi connectivity index (χ1v) is 10.2. The highest BCUT2D eigenvalue weighted by Crippen LogP contribution is 2.31. The quantitative estimate of drug-likeness (QED) is 0.535. The van der Waals surface area contributed by atoms with Crippen LogP contribution in [0.25, 0.3) is 22.0 Å². The number of nitrogens with zero attached hydrogens (tertiary/aromatic N) is 2. The fourth-order valence-corrected chi connectivity index (χ4v) is 4.08. The highest BCUT2D eigenvalue weighted by molar-refractivity contribution is 6.33. The summed E-state index contributed by atoms with van der Waals surface area (Å²) in [5.74, 6) is 1.65. The normalized spacial score (nSPS) is 17.8. The molecule has 1 aliphatic rings. The van der Waals surface area contributed by atoms with Gasteiger partial charge in [0.2, 0.25) is 11.9 Å². The van der Waals surface area contributed by atoms with Crippen LogP contribution in [0.4, 0.5) is 5.95 Å². The predicted octanol–water partition coefficient (Wildman–Crippen LogP) is 3.13. The summed E-state index contributed by atoms with van der Waals surface area (Å²) < 4.78 is 0. The molecule has 1 saturated carbocycles. The number of carbonyl (C=O) groups is 2. The average Bonchev–Trinajstić information content (AvgIpc) is 3.19. The monoisotopic (exact) mass is 433 g/mol. The van der Waals surface area contributed by atoms with Crippen molar-refractivity contribution in [2.45, 2.75) is 31.3 Å². The summed E-state index contributed by atoms with van der Waals surface area (Å²) in [6.07, 6.45) is 9.61. The molecule has 31 heavy (non-hydrogen) atoms. The summed E-state index contributed by atoms with van der Waals surface area (Å²) in [5.41, 5.74) is 8.07. The molecule has 0 radical (unpaired) electrons. The standard InChI is InChI=1S/C23H20ClN5O2/c1-2-21(30)27-19-4-3-5-20(19)29-23-26-12-15-10-13(7-9-18(15)28-23)16-11-14(22(25)31)6-8-17(16)24/h1,6-12,19-20H,3-5H2,(H2,25,31)(H,27,30)(H,26,28,29). The van der Waals surface area contributed by atoms with Gasteiger partial charge in [0.1, 0.15) is 0 Å². The van der Waals surface area contributed by atoms with Crippen molar-refractivity contribution >= 4 is 40.3 Å². The molecule has 2 atom stereocenters. The van der Waals surface area contributed by atoms with Gasteiger partial charge in [0.25, 0.3) is 5.91 Å². The van der Waals surface area contributed by atoms with E-state index in [0.29, 0.717) is 22.1 Å². The van der Waals surface area contributed by atoms with Crippen LogP contribution in [-0.2, 0) is 4.79 Å². The van der Waals surface area contributed by atoms with Gasteiger partial charge < -0.3 is 16.4 Å². The third-order valence-corrected chi connectivity index (χ3v) is 5.75. The van der Waals surface area contributed by atoms with Crippen molar-refractivity contribution in [1.29, 1.82) is 0 Å². The van der Waals surface area contributed by atoms with E-state index in [1.54, 1.807) is 24.4 Å². The smallest absolute Gasteiger partial charge is 0.295 e. The second-order valence-electron chi connectivity index (χ2n) is 7.43. The zero-order chi connectivity index (χ0) is 22.0. The lowest BCUT2D eigenvalue weighted by Crippen LogP contribution is -2.43. The van der Waals surface area contributed by atoms with Gasteiger partial charge in [-0.05, 0) is 61.1 Å². The van der Waals surface area contributed by atoms with Crippen LogP contribution in [0.1, 0.15) is 29.6 Å². The SMILES string of the molecule is C#CC(=O)NC1CCCC1Nc1ncc2cc(-c3cc(C(N)=O)ccc3Cl)ccc2n1. The lowest BCUT2D eigenvalue weighted by molar-refractivity contribution is -0.116. The van der Waals surface area contributed by atoms with E-state index < -0.39 is 11.8 Å². The summed E-state index contributed by atoms with van der Waals surface area (Å²) >= 11 is 6.33.